The van der Waals surface area contributed by atoms with E-state index in [0.717, 1.165) is 15.5 Å². The van der Waals surface area contributed by atoms with Crippen LogP contribution in [0.25, 0.3) is 21.1 Å². The molecule has 0 fully saturated rings. The van der Waals surface area contributed by atoms with Crippen molar-refractivity contribution in [3.8, 4) is 5.75 Å². The van der Waals surface area contributed by atoms with Gasteiger partial charge in [0, 0.05) is 5.39 Å². The Labute approximate surface area is 94.9 Å². The van der Waals surface area contributed by atoms with E-state index in [2.05, 4.69) is 0 Å². The predicted octanol–water partition coefficient (Wildman–Crippen LogP) is 3.02. The normalized spacial score (nSPS) is 11.1. The second-order valence-corrected chi connectivity index (χ2v) is 4.44. The molecule has 16 heavy (non-hydrogen) atoms. The molecule has 80 valence electrons. The Morgan fingerprint density at radius 2 is 2.12 bits per heavy atom. The summed E-state index contributed by atoms with van der Waals surface area (Å²) in [6, 6.07) is 7.25. The van der Waals surface area contributed by atoms with Crippen molar-refractivity contribution in [3.05, 3.63) is 40.1 Å². The summed E-state index contributed by atoms with van der Waals surface area (Å²) in [6.45, 7) is 0. The van der Waals surface area contributed by atoms with Crippen molar-refractivity contribution >= 4 is 32.4 Å². The minimum absolute atomic E-state index is 0.0108. The van der Waals surface area contributed by atoms with Crippen molar-refractivity contribution in [2.24, 2.45) is 0 Å². The SMILES string of the molecule is COc1c2occc2cc2ccc(=O)sc12. The largest absolute Gasteiger partial charge is 0.491 e. The van der Waals surface area contributed by atoms with E-state index in [9.17, 15) is 4.79 Å². The van der Waals surface area contributed by atoms with Crippen molar-refractivity contribution in [1.29, 1.82) is 0 Å². The fourth-order valence-electron chi connectivity index (χ4n) is 1.79. The van der Waals surface area contributed by atoms with Crippen LogP contribution in [0, 0.1) is 0 Å². The smallest absolute Gasteiger partial charge is 0.233 e. The number of fused-ring (bicyclic) bond motifs is 2. The van der Waals surface area contributed by atoms with Crippen molar-refractivity contribution in [3.63, 3.8) is 0 Å². The Balaban J connectivity index is 2.60. The van der Waals surface area contributed by atoms with Gasteiger partial charge >= 0.3 is 0 Å². The molecule has 0 atom stereocenters. The number of hydrogen-bond acceptors (Lipinski definition) is 4. The second-order valence-electron chi connectivity index (χ2n) is 3.42. The van der Waals surface area contributed by atoms with E-state index in [1.54, 1.807) is 19.4 Å². The average molecular weight is 232 g/mol. The summed E-state index contributed by atoms with van der Waals surface area (Å²) in [4.78, 5) is 11.4. The maximum atomic E-state index is 11.4. The number of hydrogen-bond donors (Lipinski definition) is 0. The molecule has 0 bridgehead atoms. The minimum Gasteiger partial charge on any atom is -0.491 e. The van der Waals surface area contributed by atoms with Gasteiger partial charge in [-0.3, -0.25) is 4.79 Å². The van der Waals surface area contributed by atoms with Crippen LogP contribution in [0.4, 0.5) is 0 Å². The van der Waals surface area contributed by atoms with Crippen LogP contribution in [0.3, 0.4) is 0 Å². The highest BCUT2D eigenvalue weighted by molar-refractivity contribution is 7.16. The summed E-state index contributed by atoms with van der Waals surface area (Å²) < 4.78 is 11.5. The lowest BCUT2D eigenvalue weighted by atomic mass is 10.2. The topological polar surface area (TPSA) is 39.4 Å². The van der Waals surface area contributed by atoms with E-state index in [4.69, 9.17) is 9.15 Å². The molecular weight excluding hydrogens is 224 g/mol. The third-order valence-electron chi connectivity index (χ3n) is 2.49. The minimum atomic E-state index is 0.0108. The quantitative estimate of drug-likeness (QED) is 0.647. The molecule has 0 aliphatic heterocycles. The molecule has 3 aromatic rings. The zero-order chi connectivity index (χ0) is 11.1. The van der Waals surface area contributed by atoms with E-state index in [1.807, 2.05) is 18.2 Å². The predicted molar refractivity (Wildman–Crippen MR) is 64.4 cm³/mol. The van der Waals surface area contributed by atoms with Crippen LogP contribution in [0.2, 0.25) is 0 Å². The van der Waals surface area contributed by atoms with Crippen LogP contribution in [0.5, 0.6) is 5.75 Å². The average Bonchev–Trinajstić information content (AvgIpc) is 2.73. The zero-order valence-electron chi connectivity index (χ0n) is 8.52. The Kier molecular flexibility index (Phi) is 1.97. The molecule has 4 heteroatoms. The first-order valence-corrected chi connectivity index (χ1v) is 5.59. The van der Waals surface area contributed by atoms with Gasteiger partial charge in [0.1, 0.15) is 0 Å². The molecule has 0 saturated carbocycles. The van der Waals surface area contributed by atoms with Crippen LogP contribution in [-0.2, 0) is 0 Å². The molecule has 0 amide bonds. The van der Waals surface area contributed by atoms with Gasteiger partial charge in [-0.2, -0.15) is 0 Å². The van der Waals surface area contributed by atoms with E-state index < -0.39 is 0 Å². The first-order chi connectivity index (χ1) is 7.79. The van der Waals surface area contributed by atoms with Crippen molar-refractivity contribution in [1.82, 2.24) is 0 Å². The summed E-state index contributed by atoms with van der Waals surface area (Å²) in [5, 5.41) is 1.98. The number of furan rings is 1. The van der Waals surface area contributed by atoms with Gasteiger partial charge in [-0.1, -0.05) is 11.3 Å². The highest BCUT2D eigenvalue weighted by atomic mass is 32.1. The summed E-state index contributed by atoms with van der Waals surface area (Å²) in [6.07, 6.45) is 1.62. The van der Waals surface area contributed by atoms with Gasteiger partial charge in [0.15, 0.2) is 11.3 Å². The molecule has 0 spiro atoms. The van der Waals surface area contributed by atoms with Gasteiger partial charge in [0.05, 0.1) is 18.1 Å². The monoisotopic (exact) mass is 232 g/mol. The highest BCUT2D eigenvalue weighted by Crippen LogP contribution is 2.36. The molecule has 0 N–H and O–H groups in total. The first-order valence-electron chi connectivity index (χ1n) is 4.77. The van der Waals surface area contributed by atoms with Gasteiger partial charge < -0.3 is 9.15 Å². The molecule has 0 aliphatic carbocycles. The number of rotatable bonds is 1. The van der Waals surface area contributed by atoms with Crippen LogP contribution in [-0.4, -0.2) is 7.11 Å². The van der Waals surface area contributed by atoms with E-state index in [0.29, 0.717) is 11.3 Å². The van der Waals surface area contributed by atoms with Crippen LogP contribution < -0.4 is 9.48 Å². The third-order valence-corrected chi connectivity index (χ3v) is 3.45. The summed E-state index contributed by atoms with van der Waals surface area (Å²) in [7, 11) is 1.58. The van der Waals surface area contributed by atoms with E-state index >= 15 is 0 Å². The van der Waals surface area contributed by atoms with E-state index in [1.165, 1.54) is 11.3 Å². The molecule has 2 heterocycles. The highest BCUT2D eigenvalue weighted by Gasteiger charge is 2.11. The summed E-state index contributed by atoms with van der Waals surface area (Å²) >= 11 is 1.17. The molecule has 3 rings (SSSR count). The van der Waals surface area contributed by atoms with Gasteiger partial charge in [0.25, 0.3) is 0 Å². The summed E-state index contributed by atoms with van der Waals surface area (Å²) in [5.74, 6) is 0.639. The molecule has 1 aromatic carbocycles. The molecule has 3 nitrogen and oxygen atoms in total. The molecule has 2 aromatic heterocycles. The molecular formula is C12H8O3S. The maximum Gasteiger partial charge on any atom is 0.233 e. The maximum absolute atomic E-state index is 11.4. The standard InChI is InChI=1S/C12H8O3S/c1-14-11-10-7(4-5-15-10)6-8-2-3-9(13)16-12(8)11/h2-6H,1H3. The number of benzene rings is 1. The number of ether oxygens (including phenoxy) is 1. The molecule has 0 radical (unpaired) electrons. The van der Waals surface area contributed by atoms with Gasteiger partial charge in [-0.05, 0) is 29.7 Å². The summed E-state index contributed by atoms with van der Waals surface area (Å²) in [5.41, 5.74) is 0.692. The fourth-order valence-corrected chi connectivity index (χ4v) is 2.64. The second kappa shape index (κ2) is 3.35. The van der Waals surface area contributed by atoms with Crippen molar-refractivity contribution in [2.75, 3.05) is 7.11 Å². The van der Waals surface area contributed by atoms with Gasteiger partial charge in [-0.25, -0.2) is 0 Å². The van der Waals surface area contributed by atoms with Crippen molar-refractivity contribution < 1.29 is 9.15 Å². The van der Waals surface area contributed by atoms with Gasteiger partial charge in [-0.15, -0.1) is 0 Å². The third kappa shape index (κ3) is 1.23. The molecule has 0 unspecified atom stereocenters. The van der Waals surface area contributed by atoms with Gasteiger partial charge in [0.2, 0.25) is 4.74 Å². The van der Waals surface area contributed by atoms with Crippen LogP contribution in [0.1, 0.15) is 0 Å². The lowest BCUT2D eigenvalue weighted by molar-refractivity contribution is 0.416. The Morgan fingerprint density at radius 1 is 1.25 bits per heavy atom. The zero-order valence-corrected chi connectivity index (χ0v) is 9.34. The first kappa shape index (κ1) is 9.42. The Hall–Kier alpha value is -1.81. The molecule has 0 aliphatic rings. The van der Waals surface area contributed by atoms with Crippen LogP contribution >= 0.6 is 11.3 Å². The lowest BCUT2D eigenvalue weighted by Gasteiger charge is -2.04. The van der Waals surface area contributed by atoms with Crippen molar-refractivity contribution in [2.45, 2.75) is 0 Å². The van der Waals surface area contributed by atoms with Crippen LogP contribution in [0.15, 0.2) is 39.7 Å². The van der Waals surface area contributed by atoms with E-state index in [-0.39, 0.29) is 4.74 Å². The number of methoxy groups -OCH3 is 1. The fraction of sp³-hybridized carbons (Fsp3) is 0.0833. The lowest BCUT2D eigenvalue weighted by Crippen LogP contribution is -1.91. The Bertz CT molecular complexity index is 724. The molecule has 0 saturated heterocycles. The Morgan fingerprint density at radius 3 is 2.94 bits per heavy atom.